The molecule has 0 aliphatic rings. The van der Waals surface area contributed by atoms with Crippen LogP contribution in [0.3, 0.4) is 0 Å². The first-order valence-electron chi connectivity index (χ1n) is 4.83. The van der Waals surface area contributed by atoms with E-state index in [9.17, 15) is 0 Å². The van der Waals surface area contributed by atoms with Crippen molar-refractivity contribution in [2.24, 2.45) is 0 Å². The molecule has 2 aromatic heterocycles. The maximum atomic E-state index is 4.29. The Labute approximate surface area is 102 Å². The van der Waals surface area contributed by atoms with Crippen LogP contribution in [0.5, 0.6) is 0 Å². The van der Waals surface area contributed by atoms with Gasteiger partial charge in [-0.15, -0.1) is 0 Å². The number of nitrogens with one attached hydrogen (secondary N) is 2. The summed E-state index contributed by atoms with van der Waals surface area (Å²) in [5.74, 6) is 1.11. The molecule has 0 aromatic carbocycles. The summed E-state index contributed by atoms with van der Waals surface area (Å²) in [5, 5.41) is 10.6. The summed E-state index contributed by atoms with van der Waals surface area (Å²) in [6, 6.07) is 0. The molecule has 0 amide bonds. The number of aromatic nitrogens is 6. The first-order chi connectivity index (χ1) is 8.19. The van der Waals surface area contributed by atoms with Crippen LogP contribution in [0.15, 0.2) is 16.6 Å². The minimum atomic E-state index is 0.519. The number of hydrogen-bond donors (Lipinski definition) is 2. The molecule has 0 bridgehead atoms. The van der Waals surface area contributed by atoms with Gasteiger partial charge in [-0.2, -0.15) is 20.1 Å². The van der Waals surface area contributed by atoms with Crippen molar-refractivity contribution in [3.05, 3.63) is 6.33 Å². The molecule has 0 aliphatic heterocycles. The third-order valence-corrected chi connectivity index (χ3v) is 2.56. The number of rotatable bonds is 4. The van der Waals surface area contributed by atoms with Crippen molar-refractivity contribution in [3.63, 3.8) is 0 Å². The normalized spacial score (nSPS) is 10.3. The molecule has 0 spiro atoms. The molecular formula is C8H12N8S. The van der Waals surface area contributed by atoms with Crippen molar-refractivity contribution in [3.8, 4) is 0 Å². The van der Waals surface area contributed by atoms with Crippen LogP contribution >= 0.6 is 11.8 Å². The third-order valence-electron chi connectivity index (χ3n) is 1.81. The Balaban J connectivity index is 2.29. The van der Waals surface area contributed by atoms with Crippen molar-refractivity contribution in [2.45, 2.75) is 10.3 Å². The first kappa shape index (κ1) is 11.6. The molecule has 0 unspecified atom stereocenters. The summed E-state index contributed by atoms with van der Waals surface area (Å²) < 4.78 is 0. The monoisotopic (exact) mass is 252 g/mol. The zero-order valence-electron chi connectivity index (χ0n) is 9.67. The van der Waals surface area contributed by atoms with Gasteiger partial charge in [-0.3, -0.25) is 5.10 Å². The maximum absolute atomic E-state index is 4.29. The SMILES string of the molecule is CNc1nc(Sc2ncn[nH]2)nc(N(C)C)n1. The molecule has 8 nitrogen and oxygen atoms in total. The van der Waals surface area contributed by atoms with Crippen LogP contribution in [0.25, 0.3) is 0 Å². The molecular weight excluding hydrogens is 240 g/mol. The van der Waals surface area contributed by atoms with Crippen LogP contribution in [-0.4, -0.2) is 51.3 Å². The van der Waals surface area contributed by atoms with Gasteiger partial charge in [0.05, 0.1) is 0 Å². The maximum Gasteiger partial charge on any atom is 0.230 e. The van der Waals surface area contributed by atoms with Gasteiger partial charge < -0.3 is 10.2 Å². The van der Waals surface area contributed by atoms with Gasteiger partial charge in [-0.25, -0.2) is 4.98 Å². The minimum Gasteiger partial charge on any atom is -0.357 e. The second kappa shape index (κ2) is 4.95. The second-order valence-corrected chi connectivity index (χ2v) is 4.23. The minimum absolute atomic E-state index is 0.519. The van der Waals surface area contributed by atoms with E-state index in [0.717, 1.165) is 0 Å². The zero-order valence-corrected chi connectivity index (χ0v) is 10.5. The first-order valence-corrected chi connectivity index (χ1v) is 5.65. The second-order valence-electron chi connectivity index (χ2n) is 3.28. The highest BCUT2D eigenvalue weighted by Gasteiger charge is 2.09. The lowest BCUT2D eigenvalue weighted by Crippen LogP contribution is -2.15. The van der Waals surface area contributed by atoms with Crippen LogP contribution in [0.4, 0.5) is 11.9 Å². The van der Waals surface area contributed by atoms with E-state index in [1.165, 1.54) is 18.1 Å². The largest absolute Gasteiger partial charge is 0.357 e. The van der Waals surface area contributed by atoms with Gasteiger partial charge in [0.15, 0.2) is 5.16 Å². The summed E-state index contributed by atoms with van der Waals surface area (Å²) in [4.78, 5) is 18.5. The van der Waals surface area contributed by atoms with Crippen molar-refractivity contribution in [2.75, 3.05) is 31.4 Å². The lowest BCUT2D eigenvalue weighted by atomic mass is 10.8. The van der Waals surface area contributed by atoms with Crippen molar-refractivity contribution in [1.29, 1.82) is 0 Å². The Bertz CT molecular complexity index is 482. The van der Waals surface area contributed by atoms with Crippen LogP contribution in [-0.2, 0) is 0 Å². The number of H-pyrrole nitrogens is 1. The highest BCUT2D eigenvalue weighted by atomic mass is 32.2. The molecule has 2 rings (SSSR count). The third kappa shape index (κ3) is 2.81. The average Bonchev–Trinajstić information content (AvgIpc) is 2.81. The lowest BCUT2D eigenvalue weighted by Gasteiger charge is -2.11. The van der Waals surface area contributed by atoms with Crippen LogP contribution in [0.2, 0.25) is 0 Å². The Kier molecular flexibility index (Phi) is 3.38. The Morgan fingerprint density at radius 3 is 2.71 bits per heavy atom. The van der Waals surface area contributed by atoms with Crippen LogP contribution < -0.4 is 10.2 Å². The molecule has 17 heavy (non-hydrogen) atoms. The van der Waals surface area contributed by atoms with E-state index >= 15 is 0 Å². The fraction of sp³-hybridized carbons (Fsp3) is 0.375. The van der Waals surface area contributed by atoms with E-state index in [1.807, 2.05) is 19.0 Å². The fourth-order valence-electron chi connectivity index (χ4n) is 1.03. The molecule has 0 saturated carbocycles. The fourth-order valence-corrected chi connectivity index (χ4v) is 1.66. The number of hydrogen-bond acceptors (Lipinski definition) is 8. The summed E-state index contributed by atoms with van der Waals surface area (Å²) >= 11 is 1.30. The lowest BCUT2D eigenvalue weighted by molar-refractivity contribution is 0.863. The van der Waals surface area contributed by atoms with Gasteiger partial charge in [0.2, 0.25) is 17.1 Å². The quantitative estimate of drug-likeness (QED) is 0.799. The molecule has 0 atom stereocenters. The van der Waals surface area contributed by atoms with Gasteiger partial charge in [0.1, 0.15) is 6.33 Å². The molecule has 2 N–H and O–H groups in total. The summed E-state index contributed by atoms with van der Waals surface area (Å²) in [5.41, 5.74) is 0. The van der Waals surface area contributed by atoms with Gasteiger partial charge in [-0.05, 0) is 11.8 Å². The topological polar surface area (TPSA) is 95.5 Å². The van der Waals surface area contributed by atoms with E-state index in [-0.39, 0.29) is 0 Å². The Morgan fingerprint density at radius 1 is 1.29 bits per heavy atom. The summed E-state index contributed by atoms with van der Waals surface area (Å²) in [6.07, 6.45) is 1.44. The summed E-state index contributed by atoms with van der Waals surface area (Å²) in [6.45, 7) is 0. The average molecular weight is 252 g/mol. The molecule has 90 valence electrons. The van der Waals surface area contributed by atoms with Gasteiger partial charge >= 0.3 is 0 Å². The Morgan fingerprint density at radius 2 is 2.12 bits per heavy atom. The predicted octanol–water partition coefficient (Wildman–Crippen LogP) is 0.249. The highest BCUT2D eigenvalue weighted by Crippen LogP contribution is 2.22. The number of nitrogens with zero attached hydrogens (tertiary/aromatic N) is 6. The Hall–Kier alpha value is -1.90. The van der Waals surface area contributed by atoms with Crippen LogP contribution in [0.1, 0.15) is 0 Å². The van der Waals surface area contributed by atoms with Crippen molar-refractivity contribution < 1.29 is 0 Å². The number of aromatic amines is 1. The molecule has 0 fully saturated rings. The van der Waals surface area contributed by atoms with Crippen LogP contribution in [0, 0.1) is 0 Å². The molecule has 9 heteroatoms. The standard InChI is InChI=1S/C8H12N8S/c1-9-5-12-6(16(2)3)14-8(13-5)17-7-10-4-11-15-7/h4H,1-3H3,(H,10,11,15)(H,9,12,13,14). The number of anilines is 2. The smallest absolute Gasteiger partial charge is 0.230 e. The van der Waals surface area contributed by atoms with E-state index < -0.39 is 0 Å². The van der Waals surface area contributed by atoms with E-state index in [0.29, 0.717) is 22.2 Å². The van der Waals surface area contributed by atoms with Gasteiger partial charge in [0.25, 0.3) is 0 Å². The molecule has 0 radical (unpaired) electrons. The van der Waals surface area contributed by atoms with Gasteiger partial charge in [0, 0.05) is 21.1 Å². The zero-order chi connectivity index (χ0) is 12.3. The van der Waals surface area contributed by atoms with E-state index in [4.69, 9.17) is 0 Å². The van der Waals surface area contributed by atoms with Crippen molar-refractivity contribution in [1.82, 2.24) is 30.1 Å². The predicted molar refractivity (Wildman–Crippen MR) is 64.2 cm³/mol. The summed E-state index contributed by atoms with van der Waals surface area (Å²) in [7, 11) is 5.51. The molecule has 0 saturated heterocycles. The van der Waals surface area contributed by atoms with E-state index in [1.54, 1.807) is 7.05 Å². The van der Waals surface area contributed by atoms with Crippen molar-refractivity contribution >= 4 is 23.7 Å². The molecule has 0 aliphatic carbocycles. The van der Waals surface area contributed by atoms with E-state index in [2.05, 4.69) is 35.5 Å². The van der Waals surface area contributed by atoms with Gasteiger partial charge in [-0.1, -0.05) is 0 Å². The highest BCUT2D eigenvalue weighted by molar-refractivity contribution is 7.99. The molecule has 2 heterocycles. The molecule has 2 aromatic rings.